The van der Waals surface area contributed by atoms with E-state index in [2.05, 4.69) is 9.72 Å². The zero-order valence-electron chi connectivity index (χ0n) is 15.2. The van der Waals surface area contributed by atoms with E-state index in [9.17, 15) is 13.2 Å². The van der Waals surface area contributed by atoms with Crippen molar-refractivity contribution in [2.75, 3.05) is 18.0 Å². The quantitative estimate of drug-likeness (QED) is 0.502. The number of carbonyl (C=O) groups is 1. The van der Waals surface area contributed by atoms with Crippen LogP contribution in [-0.2, 0) is 26.0 Å². The number of anilines is 1. The summed E-state index contributed by atoms with van der Waals surface area (Å²) in [6, 6.07) is 14.5. The summed E-state index contributed by atoms with van der Waals surface area (Å²) in [5.74, 6) is -0.0242. The van der Waals surface area contributed by atoms with Crippen LogP contribution in [0.25, 0.3) is 16.8 Å². The molecule has 0 N–H and O–H groups in total. The van der Waals surface area contributed by atoms with Crippen molar-refractivity contribution in [3.8, 4) is 0 Å². The summed E-state index contributed by atoms with van der Waals surface area (Å²) in [5.41, 5.74) is 1.55. The molecule has 0 saturated carbocycles. The lowest BCUT2D eigenvalue weighted by Gasteiger charge is -2.19. The fourth-order valence-electron chi connectivity index (χ4n) is 3.35. The average Bonchev–Trinajstić information content (AvgIpc) is 3.15. The highest BCUT2D eigenvalue weighted by Crippen LogP contribution is 2.34. The second-order valence-electron chi connectivity index (χ2n) is 6.41. The van der Waals surface area contributed by atoms with E-state index in [1.165, 1.54) is 17.5 Å². The number of hydrogen-bond acceptors (Lipinski definition) is 5. The molecule has 0 atom stereocenters. The number of pyridine rings is 1. The van der Waals surface area contributed by atoms with Crippen LogP contribution in [0.3, 0.4) is 0 Å². The number of methoxy groups -OCH3 is 1. The Morgan fingerprint density at radius 1 is 1.18 bits per heavy atom. The van der Waals surface area contributed by atoms with E-state index >= 15 is 0 Å². The Labute approximate surface area is 163 Å². The van der Waals surface area contributed by atoms with Crippen LogP contribution in [0.5, 0.6) is 0 Å². The third kappa shape index (κ3) is 3.14. The maximum atomic E-state index is 13.4. The molecule has 28 heavy (non-hydrogen) atoms. The van der Waals surface area contributed by atoms with Gasteiger partial charge in [-0.25, -0.2) is 22.5 Å². The Balaban J connectivity index is 1.72. The molecule has 4 rings (SSSR count). The molecule has 0 spiro atoms. The van der Waals surface area contributed by atoms with Crippen molar-refractivity contribution < 1.29 is 17.9 Å². The van der Waals surface area contributed by atoms with Crippen LogP contribution < -0.4 is 4.31 Å². The second kappa shape index (κ2) is 7.09. The van der Waals surface area contributed by atoms with E-state index in [0.29, 0.717) is 29.7 Å². The van der Waals surface area contributed by atoms with E-state index < -0.39 is 16.0 Å². The van der Waals surface area contributed by atoms with E-state index in [1.807, 2.05) is 36.4 Å². The summed E-state index contributed by atoms with van der Waals surface area (Å²) in [5, 5.41) is 1.57. The molecule has 2 heterocycles. The Morgan fingerprint density at radius 3 is 2.79 bits per heavy atom. The molecular weight excluding hydrogens is 376 g/mol. The van der Waals surface area contributed by atoms with Crippen molar-refractivity contribution in [2.45, 2.75) is 11.3 Å². The molecule has 1 aliphatic rings. The lowest BCUT2D eigenvalue weighted by Crippen LogP contribution is -2.29. The predicted molar refractivity (Wildman–Crippen MR) is 107 cm³/mol. The Hall–Kier alpha value is -3.19. The molecule has 0 unspecified atom stereocenters. The molecule has 1 aliphatic heterocycles. The maximum absolute atomic E-state index is 13.4. The van der Waals surface area contributed by atoms with Gasteiger partial charge in [-0.2, -0.15) is 0 Å². The van der Waals surface area contributed by atoms with E-state index in [4.69, 9.17) is 0 Å². The van der Waals surface area contributed by atoms with Gasteiger partial charge in [0.15, 0.2) is 0 Å². The molecular formula is C21H18N2O4S. The van der Waals surface area contributed by atoms with Gasteiger partial charge in [0.25, 0.3) is 10.0 Å². The van der Waals surface area contributed by atoms with Gasteiger partial charge in [0.1, 0.15) is 5.82 Å². The van der Waals surface area contributed by atoms with Crippen molar-refractivity contribution in [1.82, 2.24) is 4.98 Å². The predicted octanol–water partition coefficient (Wildman–Crippen LogP) is 3.17. The third-order valence-electron chi connectivity index (χ3n) is 4.72. The van der Waals surface area contributed by atoms with Crippen LogP contribution in [0.2, 0.25) is 0 Å². The number of sulfonamides is 1. The SMILES string of the molecule is COC(=O)/C=C/c1cnc2c(c1)CCN2S(=O)(=O)c1cccc2ccccc12. The van der Waals surface area contributed by atoms with Gasteiger partial charge in [0, 0.05) is 24.2 Å². The number of esters is 1. The summed E-state index contributed by atoms with van der Waals surface area (Å²) in [7, 11) is -2.43. The Morgan fingerprint density at radius 2 is 1.96 bits per heavy atom. The van der Waals surface area contributed by atoms with Crippen molar-refractivity contribution in [2.24, 2.45) is 0 Å². The van der Waals surface area contributed by atoms with Crippen LogP contribution in [0.15, 0.2) is 65.7 Å². The molecule has 2 aromatic carbocycles. The minimum atomic E-state index is -3.74. The maximum Gasteiger partial charge on any atom is 0.330 e. The van der Waals surface area contributed by atoms with Gasteiger partial charge >= 0.3 is 5.97 Å². The van der Waals surface area contributed by atoms with E-state index in [1.54, 1.807) is 24.4 Å². The first-order valence-corrected chi connectivity index (χ1v) is 10.2. The van der Waals surface area contributed by atoms with Gasteiger partial charge in [-0.3, -0.25) is 0 Å². The molecule has 0 aliphatic carbocycles. The molecule has 0 bridgehead atoms. The highest BCUT2D eigenvalue weighted by Gasteiger charge is 2.33. The lowest BCUT2D eigenvalue weighted by atomic mass is 10.1. The number of carbonyl (C=O) groups excluding carboxylic acids is 1. The molecule has 7 heteroatoms. The highest BCUT2D eigenvalue weighted by molar-refractivity contribution is 7.93. The molecule has 0 saturated heterocycles. The summed E-state index contributed by atoms with van der Waals surface area (Å²) in [6.45, 7) is 0.331. The van der Waals surface area contributed by atoms with Crippen LogP contribution >= 0.6 is 0 Å². The van der Waals surface area contributed by atoms with Crippen molar-refractivity contribution in [1.29, 1.82) is 0 Å². The summed E-state index contributed by atoms with van der Waals surface area (Å²) in [6.07, 6.45) is 5.02. The van der Waals surface area contributed by atoms with Crippen molar-refractivity contribution in [3.63, 3.8) is 0 Å². The summed E-state index contributed by atoms with van der Waals surface area (Å²) in [4.78, 5) is 15.9. The van der Waals surface area contributed by atoms with Crippen LogP contribution in [0.4, 0.5) is 5.82 Å². The van der Waals surface area contributed by atoms with Gasteiger partial charge < -0.3 is 4.74 Å². The van der Waals surface area contributed by atoms with E-state index in [-0.39, 0.29) is 4.90 Å². The molecule has 1 aromatic heterocycles. The summed E-state index contributed by atoms with van der Waals surface area (Å²) >= 11 is 0. The fraction of sp³-hybridized carbons (Fsp3) is 0.143. The third-order valence-corrected chi connectivity index (χ3v) is 6.56. The number of benzene rings is 2. The molecule has 0 amide bonds. The van der Waals surface area contributed by atoms with E-state index in [0.717, 1.165) is 10.9 Å². The van der Waals surface area contributed by atoms with Crippen LogP contribution in [-0.4, -0.2) is 33.0 Å². The fourth-order valence-corrected chi connectivity index (χ4v) is 5.03. The monoisotopic (exact) mass is 394 g/mol. The lowest BCUT2D eigenvalue weighted by molar-refractivity contribution is -0.134. The average molecular weight is 394 g/mol. The smallest absolute Gasteiger partial charge is 0.330 e. The molecule has 142 valence electrons. The number of aromatic nitrogens is 1. The van der Waals surface area contributed by atoms with Crippen LogP contribution in [0.1, 0.15) is 11.1 Å². The largest absolute Gasteiger partial charge is 0.466 e. The van der Waals surface area contributed by atoms with Gasteiger partial charge in [-0.15, -0.1) is 0 Å². The van der Waals surface area contributed by atoms with Gasteiger partial charge in [-0.1, -0.05) is 36.4 Å². The first kappa shape index (κ1) is 18.2. The number of hydrogen-bond donors (Lipinski definition) is 0. The number of fused-ring (bicyclic) bond motifs is 2. The molecule has 6 nitrogen and oxygen atoms in total. The second-order valence-corrected chi connectivity index (χ2v) is 8.24. The van der Waals surface area contributed by atoms with Gasteiger partial charge in [0.05, 0.1) is 12.0 Å². The summed E-state index contributed by atoms with van der Waals surface area (Å²) < 4.78 is 32.7. The standard InChI is InChI=1S/C21H18N2O4S/c1-27-20(24)10-9-15-13-17-11-12-23(21(17)22-14-15)28(25,26)19-8-4-6-16-5-2-3-7-18(16)19/h2-10,13-14H,11-12H2,1H3/b10-9+. The zero-order chi connectivity index (χ0) is 19.7. The molecule has 3 aromatic rings. The van der Waals surface area contributed by atoms with Gasteiger partial charge in [0.2, 0.25) is 0 Å². The normalized spacial score (nSPS) is 13.8. The minimum absolute atomic E-state index is 0.273. The topological polar surface area (TPSA) is 76.6 Å². The van der Waals surface area contributed by atoms with Crippen molar-refractivity contribution in [3.05, 3.63) is 71.9 Å². The first-order chi connectivity index (χ1) is 13.5. The number of ether oxygens (including phenoxy) is 1. The van der Waals surface area contributed by atoms with Gasteiger partial charge in [-0.05, 0) is 41.1 Å². The Bertz CT molecular complexity index is 1200. The first-order valence-electron chi connectivity index (χ1n) is 8.76. The molecule has 0 fully saturated rings. The van der Waals surface area contributed by atoms with Crippen molar-refractivity contribution >= 4 is 38.7 Å². The Kier molecular flexibility index (Phi) is 4.60. The number of nitrogens with zero attached hydrogens (tertiary/aromatic N) is 2. The minimum Gasteiger partial charge on any atom is -0.466 e. The molecule has 0 radical (unpaired) electrons. The number of rotatable bonds is 4. The zero-order valence-corrected chi connectivity index (χ0v) is 16.0. The highest BCUT2D eigenvalue weighted by atomic mass is 32.2. The van der Waals surface area contributed by atoms with Crippen LogP contribution in [0, 0.1) is 0 Å².